The van der Waals surface area contributed by atoms with Gasteiger partial charge in [0.15, 0.2) is 0 Å². The van der Waals surface area contributed by atoms with E-state index in [0.717, 1.165) is 10.5 Å². The second-order valence-corrected chi connectivity index (χ2v) is 24.7. The van der Waals surface area contributed by atoms with Gasteiger partial charge in [-0.1, -0.05) is 58.0 Å². The van der Waals surface area contributed by atoms with Crippen molar-refractivity contribution >= 4 is 76.8 Å². The summed E-state index contributed by atoms with van der Waals surface area (Å²) in [5.74, 6) is -11.3. The summed E-state index contributed by atoms with van der Waals surface area (Å²) in [5, 5.41) is 23.0. The van der Waals surface area contributed by atoms with Gasteiger partial charge >= 0.3 is 17.9 Å². The van der Waals surface area contributed by atoms with E-state index < -0.39 is 138 Å². The molecule has 3 saturated heterocycles. The number of methoxy groups -OCH3 is 2. The first-order valence-electron chi connectivity index (χ1n) is 29.9. The number of amides is 7. The third-order valence-electron chi connectivity index (χ3n) is 16.5. The van der Waals surface area contributed by atoms with Gasteiger partial charge in [-0.2, -0.15) is 11.8 Å². The largest absolute Gasteiger partial charge is 0.469 e. The molecule has 1 aromatic rings. The van der Waals surface area contributed by atoms with E-state index in [9.17, 15) is 57.8 Å². The molecule has 3 heterocycles. The first-order chi connectivity index (χ1) is 40.3. The SMILES string of the molecule is COC(=O)CCC(=O)O[C@H]1CC[C@H](C[C@@H](C)[C@@H]2CC(=O)NCCNC(=O)CN(C)C(=O)[C@H](Cc3ccccc3)NC(=O)[C@H](CC(C)C)N(C)C(=O)[C@H](C)NC(=O)CSCC[C@@H]3CC[C@@H](C)[C@@](O)(O3)C(=O)C(=O)N3CCCC[C@@H]3C(=O)O2)C[C@H]1OC. The molecule has 1 saturated carbocycles. The quantitative estimate of drug-likeness (QED) is 0.114. The fraction of sp³-hybridized carbons (Fsp3) is 0.717. The zero-order chi connectivity index (χ0) is 62.5. The molecule has 1 aliphatic carbocycles. The van der Waals surface area contributed by atoms with Crippen LogP contribution in [-0.4, -0.2) is 205 Å². The number of likely N-dealkylation sites (N-methyl/N-ethyl adjacent to an activating group) is 2. The van der Waals surface area contributed by atoms with Gasteiger partial charge in [-0.05, 0) is 107 Å². The van der Waals surface area contributed by atoms with Gasteiger partial charge in [-0.3, -0.25) is 47.9 Å². The number of benzene rings is 1. The zero-order valence-corrected chi connectivity index (χ0v) is 51.7. The van der Waals surface area contributed by atoms with E-state index in [2.05, 4.69) is 26.0 Å². The number of hydrogen-bond acceptors (Lipinski definition) is 18. The van der Waals surface area contributed by atoms with Crippen molar-refractivity contribution in [2.24, 2.45) is 23.7 Å². The Kier molecular flexibility index (Phi) is 27.6. The summed E-state index contributed by atoms with van der Waals surface area (Å²) >= 11 is 1.23. The van der Waals surface area contributed by atoms with Crippen LogP contribution in [0.4, 0.5) is 0 Å². The molecule has 4 fully saturated rings. The highest BCUT2D eigenvalue weighted by molar-refractivity contribution is 7.99. The third kappa shape index (κ3) is 20.8. The highest BCUT2D eigenvalue weighted by Gasteiger charge is 2.53. The molecule has 2 bridgehead atoms. The van der Waals surface area contributed by atoms with E-state index in [1.807, 2.05) is 26.8 Å². The molecule has 5 N–H and O–H groups in total. The molecule has 25 heteroatoms. The number of nitrogens with one attached hydrogen (secondary N) is 4. The molecule has 7 amide bonds. The molecule has 4 aliphatic rings. The van der Waals surface area contributed by atoms with Crippen LogP contribution in [0.5, 0.6) is 0 Å². The van der Waals surface area contributed by atoms with Crippen molar-refractivity contribution in [3.63, 3.8) is 0 Å². The molecule has 0 aromatic heterocycles. The van der Waals surface area contributed by atoms with Crippen molar-refractivity contribution in [1.29, 1.82) is 0 Å². The Morgan fingerprint density at radius 1 is 0.800 bits per heavy atom. The molecular weight excluding hydrogens is 1120 g/mol. The Hall–Kier alpha value is -6.18. The molecule has 0 radical (unpaired) electrons. The number of ether oxygens (including phenoxy) is 5. The van der Waals surface area contributed by atoms with Crippen LogP contribution in [0.3, 0.4) is 0 Å². The Bertz CT molecular complexity index is 2490. The summed E-state index contributed by atoms with van der Waals surface area (Å²) in [6, 6.07) is 4.48. The fourth-order valence-electron chi connectivity index (χ4n) is 11.5. The van der Waals surface area contributed by atoms with Crippen LogP contribution in [0.15, 0.2) is 30.3 Å². The smallest absolute Gasteiger partial charge is 0.329 e. The number of thioether (sulfide) groups is 1. The predicted molar refractivity (Wildman–Crippen MR) is 311 cm³/mol. The van der Waals surface area contributed by atoms with Gasteiger partial charge in [-0.15, -0.1) is 0 Å². The van der Waals surface area contributed by atoms with Gasteiger partial charge in [0, 0.05) is 53.2 Å². The van der Waals surface area contributed by atoms with E-state index in [-0.39, 0.29) is 75.7 Å². The van der Waals surface area contributed by atoms with Gasteiger partial charge in [0.25, 0.3) is 11.7 Å². The first kappa shape index (κ1) is 69.6. The van der Waals surface area contributed by atoms with E-state index >= 15 is 0 Å². The van der Waals surface area contributed by atoms with Crippen LogP contribution in [-0.2, 0) is 82.8 Å². The van der Waals surface area contributed by atoms with Crippen molar-refractivity contribution < 1.29 is 81.5 Å². The van der Waals surface area contributed by atoms with Crippen LogP contribution in [0.1, 0.15) is 130 Å². The van der Waals surface area contributed by atoms with Crippen LogP contribution < -0.4 is 21.3 Å². The maximum absolute atomic E-state index is 14.5. The van der Waals surface area contributed by atoms with Crippen LogP contribution >= 0.6 is 11.8 Å². The van der Waals surface area contributed by atoms with Crippen molar-refractivity contribution in [2.75, 3.05) is 66.0 Å². The molecular formula is C60H91N7O17S. The number of carbonyl (C=O) groups excluding carboxylic acids is 11. The first-order valence-corrected chi connectivity index (χ1v) is 31.0. The molecule has 12 atom stereocenters. The summed E-state index contributed by atoms with van der Waals surface area (Å²) in [5.41, 5.74) is 0.722. The number of fused-ring (bicyclic) bond motifs is 3. The minimum atomic E-state index is -2.53. The maximum atomic E-state index is 14.5. The average Bonchev–Trinajstić information content (AvgIpc) is 1.88. The van der Waals surface area contributed by atoms with Crippen molar-refractivity contribution in [1.82, 2.24) is 36.0 Å². The minimum Gasteiger partial charge on any atom is -0.469 e. The standard InChI is InChI=1S/C60H91N7O17S/c1-36(2)29-45-55(74)64-43(31-40-15-11-10-12-16-40)57(76)65(6)34-50(69)62-26-25-61-49(68)33-47(37(3)30-41-19-21-46(48(32-41)80-8)82-53(72)23-22-52(71)81-9)83-59(78)44-17-13-14-27-67(44)58(77)54(73)60(79)38(4)18-20-42(84-60)24-28-85-35-51(70)63-39(5)56(75)66(45)7/h10-12,15-16,36-39,41-48,79H,13-14,17-35H2,1-9H3,(H,61,68)(H,62,69)(H,63,70)(H,64,74)/t37-,38-,39+,41-,42+,43+,44-,45+,46+,47+,48-,60-/m1/s1. The number of nitrogens with zero attached hydrogens (tertiary/aromatic N) is 3. The second kappa shape index (κ2) is 33.7. The number of aliphatic hydroxyl groups is 1. The molecule has 5 rings (SSSR count). The third-order valence-corrected chi connectivity index (χ3v) is 17.5. The van der Waals surface area contributed by atoms with E-state index in [1.165, 1.54) is 56.8 Å². The Morgan fingerprint density at radius 3 is 2.18 bits per heavy atom. The Morgan fingerprint density at radius 2 is 1.49 bits per heavy atom. The van der Waals surface area contributed by atoms with Gasteiger partial charge in [-0.25, -0.2) is 4.79 Å². The van der Waals surface area contributed by atoms with E-state index in [0.29, 0.717) is 63.5 Å². The summed E-state index contributed by atoms with van der Waals surface area (Å²) in [6.45, 7) is 8.16. The maximum Gasteiger partial charge on any atom is 0.329 e. The van der Waals surface area contributed by atoms with Crippen molar-refractivity contribution in [3.8, 4) is 0 Å². The molecule has 3 aliphatic heterocycles. The minimum absolute atomic E-state index is 0.00450. The molecule has 0 spiro atoms. The number of ketones is 1. The number of hydrogen-bond donors (Lipinski definition) is 5. The summed E-state index contributed by atoms with van der Waals surface area (Å²) < 4.78 is 28.4. The lowest BCUT2D eigenvalue weighted by atomic mass is 9.78. The second-order valence-electron chi connectivity index (χ2n) is 23.6. The molecule has 24 nitrogen and oxygen atoms in total. The van der Waals surface area contributed by atoms with Crippen LogP contribution in [0.25, 0.3) is 0 Å². The topological polar surface area (TPSA) is 312 Å². The predicted octanol–water partition coefficient (Wildman–Crippen LogP) is 2.38. The Labute approximate surface area is 503 Å². The highest BCUT2D eigenvalue weighted by atomic mass is 32.2. The van der Waals surface area contributed by atoms with E-state index in [1.54, 1.807) is 31.2 Å². The van der Waals surface area contributed by atoms with Crippen molar-refractivity contribution in [3.05, 3.63) is 35.9 Å². The number of rotatable bonds is 12. The summed E-state index contributed by atoms with van der Waals surface area (Å²) in [6.07, 6.45) is 0.902. The van der Waals surface area contributed by atoms with Gasteiger partial charge < -0.3 is 64.8 Å². The lowest BCUT2D eigenvalue weighted by molar-refractivity contribution is -0.262. The monoisotopic (exact) mass is 1210 g/mol. The summed E-state index contributed by atoms with van der Waals surface area (Å²) in [7, 11) is 5.62. The number of carbonyl (C=O) groups is 11. The van der Waals surface area contributed by atoms with Crippen LogP contribution in [0, 0.1) is 23.7 Å². The Balaban J connectivity index is 1.38. The number of piperidine rings is 1. The van der Waals surface area contributed by atoms with Crippen LogP contribution in [0.2, 0.25) is 0 Å². The van der Waals surface area contributed by atoms with Gasteiger partial charge in [0.2, 0.25) is 41.2 Å². The fourth-order valence-corrected chi connectivity index (χ4v) is 12.3. The molecule has 1 aromatic carbocycles. The number of cyclic esters (lactones) is 1. The zero-order valence-electron chi connectivity index (χ0n) is 50.9. The average molecular weight is 1210 g/mol. The van der Waals surface area contributed by atoms with Crippen molar-refractivity contribution in [2.45, 2.75) is 185 Å². The van der Waals surface area contributed by atoms with E-state index in [4.69, 9.17) is 18.9 Å². The molecule has 474 valence electrons. The normalized spacial score (nSPS) is 29.8. The summed E-state index contributed by atoms with van der Waals surface area (Å²) in [4.78, 5) is 154. The number of Topliss-reactive ketones (excluding diaryl/α,β-unsaturated/α-hetero) is 1. The lowest BCUT2D eigenvalue weighted by Gasteiger charge is -2.42. The lowest BCUT2D eigenvalue weighted by Crippen LogP contribution is -2.60. The molecule has 0 unspecified atom stereocenters. The molecule has 85 heavy (non-hydrogen) atoms. The van der Waals surface area contributed by atoms with Gasteiger partial charge in [0.1, 0.15) is 36.4 Å². The highest BCUT2D eigenvalue weighted by Crippen LogP contribution is 2.37. The van der Waals surface area contributed by atoms with Gasteiger partial charge in [0.05, 0.1) is 50.9 Å². The number of esters is 3.